The fourth-order valence-electron chi connectivity index (χ4n) is 3.05. The van der Waals surface area contributed by atoms with E-state index < -0.39 is 23.9 Å². The van der Waals surface area contributed by atoms with Crippen molar-refractivity contribution in [3.63, 3.8) is 0 Å². The molecule has 1 saturated heterocycles. The summed E-state index contributed by atoms with van der Waals surface area (Å²) in [5.41, 5.74) is 0.421. The molecule has 0 saturated carbocycles. The molecule has 2 heterocycles. The Morgan fingerprint density at radius 3 is 2.78 bits per heavy atom. The van der Waals surface area contributed by atoms with E-state index >= 15 is 0 Å². The summed E-state index contributed by atoms with van der Waals surface area (Å²) in [6.45, 7) is 2.32. The SMILES string of the molecule is CCN(C)C(=O)N=Cc1cccc2c(O)n(C3CCC(=O)NC3=O)c(O)c12. The monoisotopic (exact) mass is 372 g/mol. The first-order valence-electron chi connectivity index (χ1n) is 8.52. The zero-order valence-electron chi connectivity index (χ0n) is 15.0. The molecule has 0 bridgehead atoms. The maximum Gasteiger partial charge on any atom is 0.343 e. The van der Waals surface area contributed by atoms with Crippen molar-refractivity contribution in [2.24, 2.45) is 4.99 Å². The molecule has 2 aromatic rings. The topological polar surface area (TPSA) is 124 Å². The number of aromatic nitrogens is 1. The van der Waals surface area contributed by atoms with Gasteiger partial charge in [0.1, 0.15) is 6.04 Å². The molecule has 0 aliphatic carbocycles. The molecular weight excluding hydrogens is 352 g/mol. The molecule has 9 nitrogen and oxygen atoms in total. The van der Waals surface area contributed by atoms with Crippen molar-refractivity contribution in [2.45, 2.75) is 25.8 Å². The number of fused-ring (bicyclic) bond motifs is 1. The van der Waals surface area contributed by atoms with Crippen molar-refractivity contribution in [1.82, 2.24) is 14.8 Å². The Kier molecular flexibility index (Phi) is 4.85. The quantitative estimate of drug-likeness (QED) is 0.557. The number of carbonyl (C=O) groups is 3. The molecule has 0 spiro atoms. The lowest BCUT2D eigenvalue weighted by Gasteiger charge is -2.23. The van der Waals surface area contributed by atoms with Crippen LogP contribution in [-0.2, 0) is 9.59 Å². The first-order valence-corrected chi connectivity index (χ1v) is 8.52. The molecule has 1 aliphatic rings. The summed E-state index contributed by atoms with van der Waals surface area (Å²) in [7, 11) is 1.61. The molecule has 1 aliphatic heterocycles. The Morgan fingerprint density at radius 2 is 2.11 bits per heavy atom. The van der Waals surface area contributed by atoms with E-state index in [1.165, 1.54) is 11.1 Å². The van der Waals surface area contributed by atoms with E-state index in [1.807, 2.05) is 6.92 Å². The van der Waals surface area contributed by atoms with Gasteiger partial charge in [-0.05, 0) is 19.4 Å². The third-order valence-electron chi connectivity index (χ3n) is 4.65. The summed E-state index contributed by atoms with van der Waals surface area (Å²) in [6, 6.07) is 3.52. The van der Waals surface area contributed by atoms with Gasteiger partial charge in [0.2, 0.25) is 23.6 Å². The second-order valence-electron chi connectivity index (χ2n) is 6.31. The Balaban J connectivity index is 2.07. The summed E-state index contributed by atoms with van der Waals surface area (Å²) in [5.74, 6) is -1.59. The number of hydrogen-bond donors (Lipinski definition) is 3. The summed E-state index contributed by atoms with van der Waals surface area (Å²) >= 11 is 0. The van der Waals surface area contributed by atoms with Crippen LogP contribution in [0.4, 0.5) is 4.79 Å². The van der Waals surface area contributed by atoms with E-state index in [2.05, 4.69) is 10.3 Å². The minimum absolute atomic E-state index is 0.107. The fourth-order valence-corrected chi connectivity index (χ4v) is 3.05. The van der Waals surface area contributed by atoms with E-state index in [9.17, 15) is 24.6 Å². The van der Waals surface area contributed by atoms with Gasteiger partial charge in [-0.25, -0.2) is 9.79 Å². The van der Waals surface area contributed by atoms with Crippen LogP contribution in [-0.4, -0.2) is 57.3 Å². The lowest BCUT2D eigenvalue weighted by Crippen LogP contribution is -2.41. The van der Waals surface area contributed by atoms with Gasteiger partial charge in [0.15, 0.2) is 0 Å². The second kappa shape index (κ2) is 7.10. The van der Waals surface area contributed by atoms with Crippen molar-refractivity contribution in [2.75, 3.05) is 13.6 Å². The minimum atomic E-state index is -0.909. The Hall–Kier alpha value is -3.36. The molecule has 1 unspecified atom stereocenters. The highest BCUT2D eigenvalue weighted by atomic mass is 16.3. The van der Waals surface area contributed by atoms with Crippen molar-refractivity contribution >= 4 is 34.8 Å². The molecule has 3 rings (SSSR count). The fraction of sp³-hybridized carbons (Fsp3) is 0.333. The summed E-state index contributed by atoms with van der Waals surface area (Å²) < 4.78 is 1.10. The van der Waals surface area contributed by atoms with Gasteiger partial charge in [0, 0.05) is 37.2 Å². The molecule has 1 aromatic carbocycles. The molecular formula is C18H20N4O5. The molecule has 0 radical (unpaired) electrons. The van der Waals surface area contributed by atoms with E-state index in [4.69, 9.17) is 0 Å². The summed E-state index contributed by atoms with van der Waals surface area (Å²) in [6.07, 6.45) is 1.58. The first kappa shape index (κ1) is 18.4. The highest BCUT2D eigenvalue weighted by molar-refractivity contribution is 6.08. The van der Waals surface area contributed by atoms with Crippen molar-refractivity contribution in [3.8, 4) is 11.8 Å². The average molecular weight is 372 g/mol. The highest BCUT2D eigenvalue weighted by Crippen LogP contribution is 2.41. The number of rotatable bonds is 3. The van der Waals surface area contributed by atoms with Gasteiger partial charge in [0.05, 0.1) is 5.39 Å². The van der Waals surface area contributed by atoms with Gasteiger partial charge in [-0.1, -0.05) is 12.1 Å². The molecule has 1 aromatic heterocycles. The molecule has 1 fully saturated rings. The lowest BCUT2D eigenvalue weighted by atomic mass is 10.1. The number of carbonyl (C=O) groups excluding carboxylic acids is 3. The molecule has 27 heavy (non-hydrogen) atoms. The zero-order valence-corrected chi connectivity index (χ0v) is 15.0. The maximum absolute atomic E-state index is 12.1. The van der Waals surface area contributed by atoms with Crippen LogP contribution in [0.5, 0.6) is 11.8 Å². The van der Waals surface area contributed by atoms with Crippen LogP contribution < -0.4 is 5.32 Å². The minimum Gasteiger partial charge on any atom is -0.494 e. The number of amides is 4. The number of aromatic hydroxyl groups is 2. The van der Waals surface area contributed by atoms with Gasteiger partial charge in [-0.15, -0.1) is 0 Å². The van der Waals surface area contributed by atoms with Crippen molar-refractivity contribution in [1.29, 1.82) is 0 Å². The standard InChI is InChI=1S/C18H20N4O5/c1-3-21(2)18(27)19-9-10-5-4-6-11-14(10)17(26)22(16(11)25)12-7-8-13(23)20-15(12)24/h4-6,9,12,25-26H,3,7-8H2,1-2H3,(H,20,23,24). The second-order valence-corrected chi connectivity index (χ2v) is 6.31. The highest BCUT2D eigenvalue weighted by Gasteiger charge is 2.33. The van der Waals surface area contributed by atoms with E-state index in [0.29, 0.717) is 17.5 Å². The number of aliphatic imine (C=N–C) groups is 1. The summed E-state index contributed by atoms with van der Waals surface area (Å²) in [4.78, 5) is 40.7. The van der Waals surface area contributed by atoms with Gasteiger partial charge in [-0.3, -0.25) is 19.5 Å². The lowest BCUT2D eigenvalue weighted by molar-refractivity contribution is -0.135. The number of urea groups is 1. The maximum atomic E-state index is 12.1. The van der Waals surface area contributed by atoms with E-state index in [0.717, 1.165) is 4.57 Å². The Morgan fingerprint density at radius 1 is 1.37 bits per heavy atom. The smallest absolute Gasteiger partial charge is 0.343 e. The van der Waals surface area contributed by atoms with Gasteiger partial charge >= 0.3 is 6.03 Å². The number of piperidine rings is 1. The predicted octanol–water partition coefficient (Wildman–Crippen LogP) is 1.52. The molecule has 1 atom stereocenters. The number of nitrogens with one attached hydrogen (secondary N) is 1. The third kappa shape index (κ3) is 3.23. The zero-order chi connectivity index (χ0) is 19.7. The average Bonchev–Trinajstić information content (AvgIpc) is 2.90. The van der Waals surface area contributed by atoms with Gasteiger partial charge in [0.25, 0.3) is 0 Å². The van der Waals surface area contributed by atoms with E-state index in [-0.39, 0.29) is 30.0 Å². The number of hydrogen-bond acceptors (Lipinski definition) is 5. The largest absolute Gasteiger partial charge is 0.494 e. The number of imide groups is 1. The third-order valence-corrected chi connectivity index (χ3v) is 4.65. The van der Waals surface area contributed by atoms with E-state index in [1.54, 1.807) is 25.2 Å². The van der Waals surface area contributed by atoms with Crippen LogP contribution in [0.25, 0.3) is 10.8 Å². The van der Waals surface area contributed by atoms with Crippen LogP contribution in [0, 0.1) is 0 Å². The van der Waals surface area contributed by atoms with Crippen molar-refractivity contribution in [3.05, 3.63) is 23.8 Å². The van der Waals surface area contributed by atoms with Crippen LogP contribution in [0.15, 0.2) is 23.2 Å². The molecule has 142 valence electrons. The molecule has 9 heteroatoms. The first-order chi connectivity index (χ1) is 12.8. The normalized spacial score (nSPS) is 17.5. The van der Waals surface area contributed by atoms with Crippen molar-refractivity contribution < 1.29 is 24.6 Å². The van der Waals surface area contributed by atoms with Gasteiger partial charge < -0.3 is 15.1 Å². The molecule has 4 amide bonds. The Bertz CT molecular complexity index is 962. The van der Waals surface area contributed by atoms with Crippen LogP contribution in [0.1, 0.15) is 31.4 Å². The predicted molar refractivity (Wildman–Crippen MR) is 98.0 cm³/mol. The van der Waals surface area contributed by atoms with Crippen LogP contribution >= 0.6 is 0 Å². The molecule has 3 N–H and O–H groups in total. The summed E-state index contributed by atoms with van der Waals surface area (Å²) in [5, 5.41) is 24.0. The van der Waals surface area contributed by atoms with Crippen LogP contribution in [0.3, 0.4) is 0 Å². The number of benzene rings is 1. The van der Waals surface area contributed by atoms with Crippen LogP contribution in [0.2, 0.25) is 0 Å². The van der Waals surface area contributed by atoms with Gasteiger partial charge in [-0.2, -0.15) is 0 Å². The Labute approximate surface area is 154 Å². The number of nitrogens with zero attached hydrogens (tertiary/aromatic N) is 3.